The van der Waals surface area contributed by atoms with Gasteiger partial charge in [0, 0.05) is 62.1 Å². The largest absolute Gasteiger partial charge is 0.371 e. The Morgan fingerprint density at radius 3 is 2.02 bits per heavy atom. The summed E-state index contributed by atoms with van der Waals surface area (Å²) in [5.41, 5.74) is 4.50. The highest BCUT2D eigenvalue weighted by Crippen LogP contribution is 2.88. The van der Waals surface area contributed by atoms with Crippen molar-refractivity contribution in [2.24, 2.45) is 57.0 Å². The molecule has 3 spiro atoms. The third-order valence-corrected chi connectivity index (χ3v) is 15.1. The van der Waals surface area contributed by atoms with Crippen LogP contribution in [-0.4, -0.2) is 82.8 Å². The van der Waals surface area contributed by atoms with Gasteiger partial charge >= 0.3 is 0 Å². The average molecular weight is 710 g/mol. The highest BCUT2D eigenvalue weighted by Gasteiger charge is 2.85. The van der Waals surface area contributed by atoms with Gasteiger partial charge in [0.2, 0.25) is 17.6 Å². The number of ketones is 3. The molecule has 0 bridgehead atoms. The SMILES string of the molecule is CC(C)[C@H](CC(=O)C[C@H](C(=O)N1C[C@]2(C[C@H]1C(=O)CC(CC1CCC1)C(=O)C(N)=O)C(C)(C)C21CCC1)C(C)(C)C)C(=O)N1CCOC2(CC2)C1. The first-order chi connectivity index (χ1) is 23.8. The quantitative estimate of drug-likeness (QED) is 0.242. The smallest absolute Gasteiger partial charge is 0.285 e. The Kier molecular flexibility index (Phi) is 9.98. The predicted molar refractivity (Wildman–Crippen MR) is 192 cm³/mol. The molecule has 4 saturated carbocycles. The van der Waals surface area contributed by atoms with Crippen LogP contribution < -0.4 is 5.73 Å². The summed E-state index contributed by atoms with van der Waals surface area (Å²) in [4.78, 5) is 85.8. The molecule has 10 nitrogen and oxygen atoms in total. The Labute approximate surface area is 304 Å². The van der Waals surface area contributed by atoms with Crippen LogP contribution in [0.3, 0.4) is 0 Å². The van der Waals surface area contributed by atoms with Gasteiger partial charge in [0.15, 0.2) is 5.78 Å². The van der Waals surface area contributed by atoms with Crippen LogP contribution in [0.2, 0.25) is 0 Å². The molecular formula is C41H63N3O7. The lowest BCUT2D eigenvalue weighted by molar-refractivity contribution is -0.149. The van der Waals surface area contributed by atoms with Crippen molar-refractivity contribution in [3.05, 3.63) is 0 Å². The van der Waals surface area contributed by atoms with E-state index in [1.54, 1.807) is 4.90 Å². The molecule has 6 fully saturated rings. The highest BCUT2D eigenvalue weighted by molar-refractivity contribution is 6.36. The number of hydrogen-bond acceptors (Lipinski definition) is 7. The van der Waals surface area contributed by atoms with E-state index in [1.165, 1.54) is 0 Å². The number of carbonyl (C=O) groups is 6. The molecule has 51 heavy (non-hydrogen) atoms. The summed E-state index contributed by atoms with van der Waals surface area (Å²) in [6, 6.07) is -0.720. The third kappa shape index (κ3) is 6.62. The van der Waals surface area contributed by atoms with Crippen molar-refractivity contribution in [3.63, 3.8) is 0 Å². The minimum Gasteiger partial charge on any atom is -0.371 e. The van der Waals surface area contributed by atoms with Crippen molar-refractivity contribution in [1.29, 1.82) is 0 Å². The number of nitrogens with two attached hydrogens (primary N) is 1. The number of amides is 3. The van der Waals surface area contributed by atoms with Crippen LogP contribution in [0, 0.1) is 51.2 Å². The standard InChI is InChI=1S/C41H63N3O7/c1-25(2)29(35(49)43-16-17-51-39(23-43)14-15-39)20-28(45)21-30(37(3,4)5)36(50)44-24-41(38(6,7)40(41)12-9-13-40)22-31(44)32(46)19-27(33(47)34(42)48)18-26-10-8-11-26/h25-27,29-31H,8-24H2,1-7H3,(H2,42,48)/t27?,29-,30+,31-,41+/m0/s1. The van der Waals surface area contributed by atoms with Crippen LogP contribution in [0.15, 0.2) is 0 Å². The lowest BCUT2D eigenvalue weighted by Gasteiger charge is -2.37. The van der Waals surface area contributed by atoms with Crippen LogP contribution in [0.25, 0.3) is 0 Å². The lowest BCUT2D eigenvalue weighted by Crippen LogP contribution is -2.50. The van der Waals surface area contributed by atoms with Crippen molar-refractivity contribution in [3.8, 4) is 0 Å². The summed E-state index contributed by atoms with van der Waals surface area (Å²) >= 11 is 0. The zero-order chi connectivity index (χ0) is 37.3. The lowest BCUT2D eigenvalue weighted by atomic mass is 9.73. The number of nitrogens with zero attached hydrogens (tertiary/aromatic N) is 2. The molecule has 10 heteroatoms. The predicted octanol–water partition coefficient (Wildman–Crippen LogP) is 5.28. The first-order valence-electron chi connectivity index (χ1n) is 19.9. The normalized spacial score (nSPS) is 29.0. The molecule has 284 valence electrons. The zero-order valence-electron chi connectivity index (χ0n) is 32.3. The highest BCUT2D eigenvalue weighted by atomic mass is 16.5. The van der Waals surface area contributed by atoms with Crippen LogP contribution >= 0.6 is 0 Å². The molecule has 0 radical (unpaired) electrons. The number of ether oxygens (including phenoxy) is 1. The van der Waals surface area contributed by atoms with Gasteiger partial charge in [-0.05, 0) is 66.6 Å². The molecule has 2 saturated heterocycles. The van der Waals surface area contributed by atoms with Gasteiger partial charge in [-0.3, -0.25) is 28.8 Å². The molecule has 6 aliphatic rings. The van der Waals surface area contributed by atoms with E-state index in [2.05, 4.69) is 13.8 Å². The van der Waals surface area contributed by atoms with E-state index in [0.29, 0.717) is 45.0 Å². The Hall–Kier alpha value is -2.62. The number of rotatable bonds is 14. The number of fused-ring (bicyclic) bond motifs is 1. The monoisotopic (exact) mass is 709 g/mol. The van der Waals surface area contributed by atoms with Crippen molar-refractivity contribution in [1.82, 2.24) is 9.80 Å². The van der Waals surface area contributed by atoms with E-state index in [4.69, 9.17) is 10.5 Å². The second-order valence-electron chi connectivity index (χ2n) is 19.5. The van der Waals surface area contributed by atoms with Gasteiger partial charge in [0.1, 0.15) is 5.78 Å². The van der Waals surface area contributed by atoms with Gasteiger partial charge in [-0.2, -0.15) is 0 Å². The summed E-state index contributed by atoms with van der Waals surface area (Å²) in [5, 5.41) is 0. The van der Waals surface area contributed by atoms with Crippen LogP contribution in [0.1, 0.15) is 132 Å². The second kappa shape index (κ2) is 13.3. The first kappa shape index (κ1) is 38.1. The molecule has 6 rings (SSSR count). The van der Waals surface area contributed by atoms with Crippen molar-refractivity contribution in [2.45, 2.75) is 144 Å². The molecule has 2 N–H and O–H groups in total. The van der Waals surface area contributed by atoms with Crippen LogP contribution in [0.5, 0.6) is 0 Å². The molecule has 0 aromatic rings. The minimum absolute atomic E-state index is 0.00467. The number of Topliss-reactive ketones (excluding diaryl/α,β-unsaturated/α-hetero) is 3. The number of primary amides is 1. The molecular weight excluding hydrogens is 646 g/mol. The number of hydrogen-bond donors (Lipinski definition) is 1. The molecule has 5 atom stereocenters. The summed E-state index contributed by atoms with van der Waals surface area (Å²) in [7, 11) is 0. The van der Waals surface area contributed by atoms with E-state index in [9.17, 15) is 28.8 Å². The Morgan fingerprint density at radius 1 is 0.863 bits per heavy atom. The maximum absolute atomic E-state index is 14.9. The maximum Gasteiger partial charge on any atom is 0.285 e. The van der Waals surface area contributed by atoms with E-state index in [0.717, 1.165) is 51.4 Å². The fraction of sp³-hybridized carbons (Fsp3) is 0.854. The molecule has 3 amide bonds. The molecule has 0 aromatic heterocycles. The fourth-order valence-electron chi connectivity index (χ4n) is 10.9. The maximum atomic E-state index is 14.9. The summed E-state index contributed by atoms with van der Waals surface area (Å²) < 4.78 is 5.93. The van der Waals surface area contributed by atoms with Crippen molar-refractivity contribution >= 4 is 35.1 Å². The summed E-state index contributed by atoms with van der Waals surface area (Å²) in [6.07, 6.45) is 9.20. The Morgan fingerprint density at radius 2 is 1.53 bits per heavy atom. The molecule has 2 heterocycles. The topological polar surface area (TPSA) is 144 Å². The molecule has 2 aliphatic heterocycles. The zero-order valence-corrected chi connectivity index (χ0v) is 32.3. The van der Waals surface area contributed by atoms with Crippen LogP contribution in [-0.2, 0) is 33.5 Å². The third-order valence-electron chi connectivity index (χ3n) is 15.1. The van der Waals surface area contributed by atoms with Gasteiger partial charge in [-0.1, -0.05) is 74.1 Å². The number of likely N-dealkylation sites (tertiary alicyclic amines) is 1. The number of morpholine rings is 1. The Bertz CT molecular complexity index is 1450. The van der Waals surface area contributed by atoms with Crippen molar-refractivity contribution < 1.29 is 33.5 Å². The Balaban J connectivity index is 1.22. The van der Waals surface area contributed by atoms with Gasteiger partial charge in [-0.25, -0.2) is 0 Å². The van der Waals surface area contributed by atoms with Crippen molar-refractivity contribution in [2.75, 3.05) is 26.2 Å². The fourth-order valence-corrected chi connectivity index (χ4v) is 10.9. The average Bonchev–Trinajstić information content (AvgIpc) is 3.76. The van der Waals surface area contributed by atoms with Gasteiger partial charge in [0.05, 0.1) is 18.2 Å². The van der Waals surface area contributed by atoms with E-state index in [1.807, 2.05) is 39.5 Å². The van der Waals surface area contributed by atoms with Crippen LogP contribution in [0.4, 0.5) is 0 Å². The first-order valence-corrected chi connectivity index (χ1v) is 19.9. The molecule has 4 aliphatic carbocycles. The van der Waals surface area contributed by atoms with E-state index >= 15 is 0 Å². The summed E-state index contributed by atoms with van der Waals surface area (Å²) in [5.74, 6) is -3.89. The number of carbonyl (C=O) groups excluding carboxylic acids is 6. The molecule has 1 unspecified atom stereocenters. The van der Waals surface area contributed by atoms with E-state index in [-0.39, 0.29) is 70.4 Å². The van der Waals surface area contributed by atoms with Gasteiger partial charge in [0.25, 0.3) is 5.91 Å². The minimum atomic E-state index is -1.01. The summed E-state index contributed by atoms with van der Waals surface area (Å²) in [6.45, 7) is 16.5. The second-order valence-corrected chi connectivity index (χ2v) is 19.5. The van der Waals surface area contributed by atoms with Gasteiger partial charge < -0.3 is 20.3 Å². The van der Waals surface area contributed by atoms with Gasteiger partial charge in [-0.15, -0.1) is 0 Å². The van der Waals surface area contributed by atoms with E-state index < -0.39 is 40.9 Å². The molecule has 0 aromatic carbocycles.